The molecule has 0 aliphatic carbocycles. The topological polar surface area (TPSA) is 20.2 Å². The minimum Gasteiger partial charge on any atom is -0.388 e. The summed E-state index contributed by atoms with van der Waals surface area (Å²) in [6, 6.07) is 5.76. The Labute approximate surface area is 97.1 Å². The van der Waals surface area contributed by atoms with E-state index in [0.29, 0.717) is 5.92 Å². The van der Waals surface area contributed by atoms with Gasteiger partial charge in [-0.15, -0.1) is 0 Å². The molecule has 1 N–H and O–H groups in total. The van der Waals surface area contributed by atoms with Crippen molar-refractivity contribution >= 4 is 11.6 Å². The molecule has 1 rings (SSSR count). The lowest BCUT2D eigenvalue weighted by Gasteiger charge is -2.22. The van der Waals surface area contributed by atoms with Gasteiger partial charge in [-0.2, -0.15) is 0 Å². The lowest BCUT2D eigenvalue weighted by atomic mass is 9.88. The fraction of sp³-hybridized carbons (Fsp3) is 0.538. The summed E-state index contributed by atoms with van der Waals surface area (Å²) in [6.07, 6.45) is -0.428. The smallest absolute Gasteiger partial charge is 0.0818 e. The molecule has 84 valence electrons. The summed E-state index contributed by atoms with van der Waals surface area (Å²) in [5.41, 5.74) is 1.96. The first-order valence-electron chi connectivity index (χ1n) is 5.37. The number of benzene rings is 1. The van der Waals surface area contributed by atoms with Crippen LogP contribution in [0.15, 0.2) is 18.2 Å². The number of hydrogen-bond donors (Lipinski definition) is 1. The van der Waals surface area contributed by atoms with E-state index in [1.165, 1.54) is 0 Å². The van der Waals surface area contributed by atoms with E-state index in [-0.39, 0.29) is 5.92 Å². The normalized spacial score (nSPS) is 15.4. The molecule has 0 spiro atoms. The van der Waals surface area contributed by atoms with Gasteiger partial charge < -0.3 is 5.11 Å². The third kappa shape index (κ3) is 2.96. The van der Waals surface area contributed by atoms with E-state index < -0.39 is 6.10 Å². The van der Waals surface area contributed by atoms with Crippen LogP contribution in [-0.4, -0.2) is 5.11 Å². The van der Waals surface area contributed by atoms with Crippen LogP contribution in [0.5, 0.6) is 0 Å². The Bertz CT molecular complexity index is 333. The van der Waals surface area contributed by atoms with Crippen molar-refractivity contribution in [2.45, 2.75) is 33.8 Å². The largest absolute Gasteiger partial charge is 0.388 e. The molecule has 1 aromatic rings. The molecule has 1 aromatic carbocycles. The second-order valence-electron chi connectivity index (χ2n) is 4.56. The van der Waals surface area contributed by atoms with E-state index in [2.05, 4.69) is 20.8 Å². The molecule has 2 atom stereocenters. The standard InChI is InChI=1S/C13H19ClO/c1-8(2)10(4)13(15)11-6-5-9(3)12(14)7-11/h5-8,10,13,15H,1-4H3. The Kier molecular flexibility index (Phi) is 4.18. The number of hydrogen-bond acceptors (Lipinski definition) is 1. The highest BCUT2D eigenvalue weighted by Crippen LogP contribution is 2.29. The molecule has 0 heterocycles. The molecule has 0 aromatic heterocycles. The molecular weight excluding hydrogens is 208 g/mol. The van der Waals surface area contributed by atoms with E-state index >= 15 is 0 Å². The second-order valence-corrected chi connectivity index (χ2v) is 4.96. The first-order chi connectivity index (χ1) is 6.93. The second kappa shape index (κ2) is 5.00. The van der Waals surface area contributed by atoms with Gasteiger partial charge in [-0.25, -0.2) is 0 Å². The summed E-state index contributed by atoms with van der Waals surface area (Å²) < 4.78 is 0. The zero-order valence-corrected chi connectivity index (χ0v) is 10.5. The van der Waals surface area contributed by atoms with Gasteiger partial charge >= 0.3 is 0 Å². The summed E-state index contributed by atoms with van der Waals surface area (Å²) in [5.74, 6) is 0.698. The van der Waals surface area contributed by atoms with Crippen molar-refractivity contribution in [3.63, 3.8) is 0 Å². The van der Waals surface area contributed by atoms with E-state index in [9.17, 15) is 5.11 Å². The summed E-state index contributed by atoms with van der Waals surface area (Å²) in [6.45, 7) is 8.25. The minimum absolute atomic E-state index is 0.240. The van der Waals surface area contributed by atoms with Gasteiger partial charge in [0.15, 0.2) is 0 Å². The van der Waals surface area contributed by atoms with Crippen LogP contribution in [0.2, 0.25) is 5.02 Å². The van der Waals surface area contributed by atoms with Gasteiger partial charge in [-0.3, -0.25) is 0 Å². The molecule has 2 heteroatoms. The van der Waals surface area contributed by atoms with Crippen LogP contribution >= 0.6 is 11.6 Å². The van der Waals surface area contributed by atoms with Crippen LogP contribution in [0.4, 0.5) is 0 Å². The van der Waals surface area contributed by atoms with Crippen molar-refractivity contribution in [3.05, 3.63) is 34.3 Å². The Hall–Kier alpha value is -0.530. The highest BCUT2D eigenvalue weighted by Gasteiger charge is 2.19. The van der Waals surface area contributed by atoms with Crippen LogP contribution in [0.1, 0.15) is 38.0 Å². The predicted molar refractivity (Wildman–Crippen MR) is 65.2 cm³/mol. The average Bonchev–Trinajstić information content (AvgIpc) is 2.19. The van der Waals surface area contributed by atoms with Crippen molar-refractivity contribution < 1.29 is 5.11 Å². The third-order valence-electron chi connectivity index (χ3n) is 3.09. The van der Waals surface area contributed by atoms with Gasteiger partial charge in [0.1, 0.15) is 0 Å². The zero-order chi connectivity index (χ0) is 11.6. The van der Waals surface area contributed by atoms with Crippen molar-refractivity contribution in [2.24, 2.45) is 11.8 Å². The molecule has 0 saturated carbocycles. The maximum atomic E-state index is 10.1. The van der Waals surface area contributed by atoms with Crippen molar-refractivity contribution in [3.8, 4) is 0 Å². The minimum atomic E-state index is -0.428. The predicted octanol–water partition coefficient (Wildman–Crippen LogP) is 3.97. The van der Waals surface area contributed by atoms with E-state index in [4.69, 9.17) is 11.6 Å². The zero-order valence-electron chi connectivity index (χ0n) is 9.79. The van der Waals surface area contributed by atoms with E-state index in [1.54, 1.807) is 0 Å². The molecule has 2 unspecified atom stereocenters. The van der Waals surface area contributed by atoms with Crippen LogP contribution < -0.4 is 0 Å². The lowest BCUT2D eigenvalue weighted by Crippen LogP contribution is -2.14. The fourth-order valence-electron chi connectivity index (χ4n) is 1.46. The molecule has 0 fully saturated rings. The molecule has 0 amide bonds. The summed E-state index contributed by atoms with van der Waals surface area (Å²) in [4.78, 5) is 0. The third-order valence-corrected chi connectivity index (χ3v) is 3.49. The fourth-order valence-corrected chi connectivity index (χ4v) is 1.65. The quantitative estimate of drug-likeness (QED) is 0.827. The Balaban J connectivity index is 2.91. The Morgan fingerprint density at radius 1 is 1.20 bits per heavy atom. The van der Waals surface area contributed by atoms with E-state index in [1.807, 2.05) is 25.1 Å². The van der Waals surface area contributed by atoms with Gasteiger partial charge in [0.25, 0.3) is 0 Å². The maximum absolute atomic E-state index is 10.1. The summed E-state index contributed by atoms with van der Waals surface area (Å²) in [7, 11) is 0. The molecule has 0 radical (unpaired) electrons. The van der Waals surface area contributed by atoms with Crippen molar-refractivity contribution in [1.29, 1.82) is 0 Å². The number of halogens is 1. The van der Waals surface area contributed by atoms with Crippen LogP contribution in [0, 0.1) is 18.8 Å². The van der Waals surface area contributed by atoms with Gasteiger partial charge in [0.2, 0.25) is 0 Å². The molecule has 1 nitrogen and oxygen atoms in total. The lowest BCUT2D eigenvalue weighted by molar-refractivity contribution is 0.0921. The van der Waals surface area contributed by atoms with Crippen molar-refractivity contribution in [2.75, 3.05) is 0 Å². The maximum Gasteiger partial charge on any atom is 0.0818 e. The van der Waals surface area contributed by atoms with Crippen LogP contribution in [0.25, 0.3) is 0 Å². The van der Waals surface area contributed by atoms with Crippen LogP contribution in [0.3, 0.4) is 0 Å². The van der Waals surface area contributed by atoms with Crippen LogP contribution in [-0.2, 0) is 0 Å². The summed E-state index contributed by atoms with van der Waals surface area (Å²) in [5, 5.41) is 10.8. The number of rotatable bonds is 3. The van der Waals surface area contributed by atoms with E-state index in [0.717, 1.165) is 16.1 Å². The number of aliphatic hydroxyl groups is 1. The Morgan fingerprint density at radius 2 is 1.80 bits per heavy atom. The molecule has 15 heavy (non-hydrogen) atoms. The van der Waals surface area contributed by atoms with Gasteiger partial charge in [0, 0.05) is 5.02 Å². The Morgan fingerprint density at radius 3 is 2.27 bits per heavy atom. The SMILES string of the molecule is Cc1ccc(C(O)C(C)C(C)C)cc1Cl. The summed E-state index contributed by atoms with van der Waals surface area (Å²) >= 11 is 6.03. The first kappa shape index (κ1) is 12.5. The molecule has 0 saturated heterocycles. The molecular formula is C13H19ClO. The highest BCUT2D eigenvalue weighted by molar-refractivity contribution is 6.31. The molecule has 0 aliphatic rings. The molecule has 0 bridgehead atoms. The van der Waals surface area contributed by atoms with Gasteiger partial charge in [-0.05, 0) is 36.0 Å². The van der Waals surface area contributed by atoms with Gasteiger partial charge in [-0.1, -0.05) is 44.5 Å². The number of aliphatic hydroxyl groups excluding tert-OH is 1. The monoisotopic (exact) mass is 226 g/mol. The number of aryl methyl sites for hydroxylation is 1. The molecule has 0 aliphatic heterocycles. The first-order valence-corrected chi connectivity index (χ1v) is 5.75. The highest BCUT2D eigenvalue weighted by atomic mass is 35.5. The average molecular weight is 227 g/mol. The van der Waals surface area contributed by atoms with Crippen molar-refractivity contribution in [1.82, 2.24) is 0 Å². The van der Waals surface area contributed by atoms with Gasteiger partial charge in [0.05, 0.1) is 6.10 Å².